The van der Waals surface area contributed by atoms with E-state index in [1.807, 2.05) is 41.1 Å². The molecule has 0 aliphatic rings. The van der Waals surface area contributed by atoms with Crippen LogP contribution in [0.4, 0.5) is 0 Å². The summed E-state index contributed by atoms with van der Waals surface area (Å²) in [6.45, 7) is 0. The van der Waals surface area contributed by atoms with Gasteiger partial charge in [0, 0.05) is 28.9 Å². The summed E-state index contributed by atoms with van der Waals surface area (Å²) in [6.07, 6.45) is 3.64. The van der Waals surface area contributed by atoms with Gasteiger partial charge in [0.25, 0.3) is 0 Å². The predicted molar refractivity (Wildman–Crippen MR) is 134 cm³/mol. The van der Waals surface area contributed by atoms with Crippen LogP contribution in [0.2, 0.25) is 0 Å². The first-order valence-electron chi connectivity index (χ1n) is 10.5. The van der Waals surface area contributed by atoms with Crippen molar-refractivity contribution in [3.05, 3.63) is 67.1 Å². The number of hydrogen-bond donors (Lipinski definition) is 0. The summed E-state index contributed by atoms with van der Waals surface area (Å²) >= 11 is 1.60. The molecule has 0 spiro atoms. The molecule has 5 aromatic rings. The molecule has 7 nitrogen and oxygen atoms in total. The van der Waals surface area contributed by atoms with Crippen molar-refractivity contribution in [2.75, 3.05) is 28.4 Å². The molecule has 0 unspecified atom stereocenters. The van der Waals surface area contributed by atoms with E-state index in [0.29, 0.717) is 11.5 Å². The number of fused-ring (bicyclic) bond motifs is 1. The molecule has 2 aromatic heterocycles. The molecule has 0 radical (unpaired) electrons. The van der Waals surface area contributed by atoms with Gasteiger partial charge in [0.2, 0.25) is 0 Å². The monoisotopic (exact) mass is 473 g/mol. The highest BCUT2D eigenvalue weighted by Gasteiger charge is 2.14. The summed E-state index contributed by atoms with van der Waals surface area (Å²) in [4.78, 5) is 9.18. The van der Waals surface area contributed by atoms with Gasteiger partial charge >= 0.3 is 0 Å². The van der Waals surface area contributed by atoms with E-state index in [1.54, 1.807) is 46.1 Å². The average molecular weight is 474 g/mol. The van der Waals surface area contributed by atoms with Gasteiger partial charge in [0.15, 0.2) is 11.5 Å². The van der Waals surface area contributed by atoms with Crippen LogP contribution in [0.3, 0.4) is 0 Å². The van der Waals surface area contributed by atoms with E-state index in [0.717, 1.165) is 49.2 Å². The first-order chi connectivity index (χ1) is 16.6. The molecule has 0 bridgehead atoms. The van der Waals surface area contributed by atoms with E-state index in [1.165, 1.54) is 0 Å². The summed E-state index contributed by atoms with van der Waals surface area (Å²) in [5.74, 6) is 2.84. The molecular formula is C26H23N3O4S. The van der Waals surface area contributed by atoms with Crippen molar-refractivity contribution >= 4 is 21.6 Å². The standard InChI is InChI=1S/C26H23N3O4S/c1-30-19-12-20-25(24(13-19)33-4)34-26(28-20)16-5-8-18(9-6-16)29-15-27-14-21(29)17-7-10-22(31-2)23(11-17)32-3/h5-15H,1-4H3. The first kappa shape index (κ1) is 21.8. The summed E-state index contributed by atoms with van der Waals surface area (Å²) in [6, 6.07) is 17.9. The predicted octanol–water partition coefficient (Wildman–Crippen LogP) is 5.85. The Hall–Kier alpha value is -4.04. The largest absolute Gasteiger partial charge is 0.497 e. The molecule has 172 valence electrons. The highest BCUT2D eigenvalue weighted by molar-refractivity contribution is 7.22. The molecule has 3 aromatic carbocycles. The van der Waals surface area contributed by atoms with Gasteiger partial charge in [-0.2, -0.15) is 0 Å². The lowest BCUT2D eigenvalue weighted by Crippen LogP contribution is -1.96. The third kappa shape index (κ3) is 3.82. The quantitative estimate of drug-likeness (QED) is 0.295. The minimum atomic E-state index is 0.672. The molecule has 0 aliphatic heterocycles. The van der Waals surface area contributed by atoms with Gasteiger partial charge in [0.05, 0.1) is 56.9 Å². The Balaban J connectivity index is 1.49. The summed E-state index contributed by atoms with van der Waals surface area (Å²) in [5, 5.41) is 0.916. The normalized spacial score (nSPS) is 10.9. The first-order valence-corrected chi connectivity index (χ1v) is 11.3. The Morgan fingerprint density at radius 1 is 0.735 bits per heavy atom. The molecule has 0 N–H and O–H groups in total. The lowest BCUT2D eigenvalue weighted by Gasteiger charge is -2.12. The van der Waals surface area contributed by atoms with Crippen molar-refractivity contribution in [2.45, 2.75) is 0 Å². The fraction of sp³-hybridized carbons (Fsp3) is 0.154. The zero-order chi connectivity index (χ0) is 23.7. The smallest absolute Gasteiger partial charge is 0.161 e. The van der Waals surface area contributed by atoms with Crippen LogP contribution < -0.4 is 18.9 Å². The molecule has 0 atom stereocenters. The van der Waals surface area contributed by atoms with Crippen LogP contribution in [-0.2, 0) is 0 Å². The van der Waals surface area contributed by atoms with E-state index in [2.05, 4.69) is 29.2 Å². The third-order valence-corrected chi connectivity index (χ3v) is 6.73. The van der Waals surface area contributed by atoms with Crippen molar-refractivity contribution < 1.29 is 18.9 Å². The number of aromatic nitrogens is 3. The van der Waals surface area contributed by atoms with E-state index < -0.39 is 0 Å². The van der Waals surface area contributed by atoms with Crippen LogP contribution in [0.1, 0.15) is 0 Å². The van der Waals surface area contributed by atoms with Crippen LogP contribution in [0.25, 0.3) is 37.7 Å². The molecule has 2 heterocycles. The second kappa shape index (κ2) is 9.07. The van der Waals surface area contributed by atoms with Gasteiger partial charge in [-0.05, 0) is 42.5 Å². The van der Waals surface area contributed by atoms with E-state index in [4.69, 9.17) is 23.9 Å². The minimum absolute atomic E-state index is 0.672. The van der Waals surface area contributed by atoms with Gasteiger partial charge in [-0.1, -0.05) is 0 Å². The Kier molecular flexibility index (Phi) is 5.81. The Morgan fingerprint density at radius 3 is 2.18 bits per heavy atom. The number of thiazole rings is 1. The zero-order valence-corrected chi connectivity index (χ0v) is 20.1. The van der Waals surface area contributed by atoms with E-state index >= 15 is 0 Å². The maximum Gasteiger partial charge on any atom is 0.161 e. The summed E-state index contributed by atoms with van der Waals surface area (Å²) < 4.78 is 24.8. The maximum atomic E-state index is 5.54. The number of nitrogens with zero attached hydrogens (tertiary/aromatic N) is 3. The van der Waals surface area contributed by atoms with Crippen molar-refractivity contribution in [3.8, 4) is 50.5 Å². The molecule has 0 fully saturated rings. The molecule has 5 rings (SSSR count). The lowest BCUT2D eigenvalue weighted by atomic mass is 10.1. The van der Waals surface area contributed by atoms with Gasteiger partial charge in [-0.15, -0.1) is 11.3 Å². The van der Waals surface area contributed by atoms with Gasteiger partial charge in [0.1, 0.15) is 16.5 Å². The third-order valence-electron chi connectivity index (χ3n) is 5.60. The maximum absolute atomic E-state index is 5.54. The molecule has 0 saturated heterocycles. The Morgan fingerprint density at radius 2 is 1.47 bits per heavy atom. The molecule has 34 heavy (non-hydrogen) atoms. The van der Waals surface area contributed by atoms with Crippen molar-refractivity contribution in [2.24, 2.45) is 0 Å². The van der Waals surface area contributed by atoms with Crippen molar-refractivity contribution in [1.82, 2.24) is 14.5 Å². The molecule has 0 saturated carbocycles. The van der Waals surface area contributed by atoms with Crippen LogP contribution in [0.5, 0.6) is 23.0 Å². The molecule has 0 amide bonds. The minimum Gasteiger partial charge on any atom is -0.497 e. The van der Waals surface area contributed by atoms with Crippen molar-refractivity contribution in [3.63, 3.8) is 0 Å². The van der Waals surface area contributed by atoms with Gasteiger partial charge in [-0.25, -0.2) is 9.97 Å². The van der Waals surface area contributed by atoms with Crippen LogP contribution in [0, 0.1) is 0 Å². The summed E-state index contributed by atoms with van der Waals surface area (Å²) in [7, 11) is 6.55. The number of benzene rings is 3. The van der Waals surface area contributed by atoms with Gasteiger partial charge < -0.3 is 18.9 Å². The van der Waals surface area contributed by atoms with Crippen LogP contribution in [-0.4, -0.2) is 43.0 Å². The second-order valence-corrected chi connectivity index (χ2v) is 8.46. The molecule has 0 aliphatic carbocycles. The topological polar surface area (TPSA) is 67.6 Å². The van der Waals surface area contributed by atoms with Crippen LogP contribution >= 0.6 is 11.3 Å². The van der Waals surface area contributed by atoms with Crippen molar-refractivity contribution in [1.29, 1.82) is 0 Å². The number of ether oxygens (including phenoxy) is 4. The fourth-order valence-electron chi connectivity index (χ4n) is 3.84. The Labute approximate surface area is 201 Å². The highest BCUT2D eigenvalue weighted by atomic mass is 32.1. The fourth-order valence-corrected chi connectivity index (χ4v) is 4.89. The van der Waals surface area contributed by atoms with Gasteiger partial charge in [-0.3, -0.25) is 4.57 Å². The molecule has 8 heteroatoms. The molecular weight excluding hydrogens is 450 g/mol. The Bertz CT molecular complexity index is 1460. The number of methoxy groups -OCH3 is 4. The number of rotatable bonds is 7. The second-order valence-electron chi connectivity index (χ2n) is 7.46. The number of hydrogen-bond acceptors (Lipinski definition) is 7. The van der Waals surface area contributed by atoms with Crippen LogP contribution in [0.15, 0.2) is 67.1 Å². The SMILES string of the molecule is COc1cc(OC)c2sc(-c3ccc(-n4cncc4-c4ccc(OC)c(OC)c4)cc3)nc2c1. The summed E-state index contributed by atoms with van der Waals surface area (Å²) in [5.41, 5.74) is 4.80. The van der Waals surface area contributed by atoms with E-state index in [-0.39, 0.29) is 0 Å². The highest BCUT2D eigenvalue weighted by Crippen LogP contribution is 2.39. The average Bonchev–Trinajstić information content (AvgIpc) is 3.55. The van der Waals surface area contributed by atoms with E-state index in [9.17, 15) is 0 Å². The lowest BCUT2D eigenvalue weighted by molar-refractivity contribution is 0.355. The zero-order valence-electron chi connectivity index (χ0n) is 19.2. The number of imidazole rings is 1.